The molecule has 0 saturated carbocycles. The molecule has 0 bridgehead atoms. The molecule has 724 valence electrons. The number of carboxylic acids is 1. The third-order valence-corrected chi connectivity index (χ3v) is 20.6. The summed E-state index contributed by atoms with van der Waals surface area (Å²) in [6, 6.07) is 26.3. The molecule has 3 saturated heterocycles. The fraction of sp³-hybridized carbons (Fsp3) is 0.472. The number of alkyl carbamates (subject to hydrolysis) is 1. The summed E-state index contributed by atoms with van der Waals surface area (Å²) in [5.74, 6) is -7.20. The van der Waals surface area contributed by atoms with E-state index in [1.54, 1.807) is 181 Å². The maximum atomic E-state index is 13.9. The van der Waals surface area contributed by atoms with E-state index in [2.05, 4.69) is 63.0 Å². The lowest BCUT2D eigenvalue weighted by molar-refractivity contribution is -0.261. The van der Waals surface area contributed by atoms with Gasteiger partial charge >= 0.3 is 36.2 Å². The van der Waals surface area contributed by atoms with E-state index in [0.717, 1.165) is 21.3 Å². The topological polar surface area (TPSA) is 335 Å². The molecule has 7 N–H and O–H groups in total. The first kappa shape index (κ1) is 117. The van der Waals surface area contributed by atoms with Gasteiger partial charge in [-0.2, -0.15) is 26.3 Å². The van der Waals surface area contributed by atoms with Gasteiger partial charge in [0.2, 0.25) is 17.7 Å². The van der Waals surface area contributed by atoms with Gasteiger partial charge in [-0.25, -0.2) is 9.59 Å². The molecule has 0 radical (unpaired) electrons. The molecule has 3 aliphatic heterocycles. The van der Waals surface area contributed by atoms with Gasteiger partial charge < -0.3 is 51.1 Å². The molecule has 25 nitrogen and oxygen atoms in total. The molecule has 6 aromatic carbocycles. The van der Waals surface area contributed by atoms with Gasteiger partial charge in [-0.1, -0.05) is 248 Å². The van der Waals surface area contributed by atoms with Crippen LogP contribution in [0.1, 0.15) is 172 Å². The lowest BCUT2D eigenvalue weighted by Gasteiger charge is -2.42. The van der Waals surface area contributed by atoms with Crippen molar-refractivity contribution in [3.05, 3.63) is 176 Å². The van der Waals surface area contributed by atoms with Crippen LogP contribution in [0.5, 0.6) is 0 Å². The average molecular weight is 2110 g/mol. The second kappa shape index (κ2) is 47.6. The molecule has 3 fully saturated rings. The SMILES string of the molecule is CC(C)(C)C=O.CC(C)(C)[C@@H]1N(c2cc(Cl)cc(Cl)c2)C(=O)[C@@](C)(Cc2ccc(Br)cc2)N1C(=O)C(F)(F)F.C[C@@H](N)C(=O)Nc1cc(Cl)cc(Cl)c1.C[C@@H](N=C([O-])OC(C)(C)C)C(=O)O.C[C@@H](NC(=O)OC(C)(C)C)C(=O)Nc1cc(Cl)cc(Cl)c1.C[C@@H]1C(=O)N(c2cc(Cl)cc(Cl)c2)[C@@H](C(C)(C)C)N1C(=O)C(F)(F)F.C[C@H]1N[C@H](C(C)(C)C)N(c2cc(Cl)cc(Cl)c2)C1=O. The second-order valence-corrected chi connectivity index (χ2v) is 42.1. The number of alkyl halides is 6. The van der Waals surface area contributed by atoms with Gasteiger partial charge in [-0.3, -0.25) is 63.5 Å². The van der Waals surface area contributed by atoms with Crippen LogP contribution in [0.25, 0.3) is 0 Å². The maximum Gasteiger partial charge on any atom is 0.471 e. The van der Waals surface area contributed by atoms with Gasteiger partial charge in [-0.15, -0.1) is 0 Å². The summed E-state index contributed by atoms with van der Waals surface area (Å²) < 4.78 is 91.3. The van der Waals surface area contributed by atoms with Crippen LogP contribution < -0.4 is 46.8 Å². The first-order valence-electron chi connectivity index (χ1n) is 39.9. The number of rotatable bonds is 12. The van der Waals surface area contributed by atoms with Crippen molar-refractivity contribution in [1.29, 1.82) is 0 Å². The Kier molecular flexibility index (Phi) is 42.6. The lowest BCUT2D eigenvalue weighted by atomic mass is 9.87. The van der Waals surface area contributed by atoms with E-state index in [-0.39, 0.29) is 72.7 Å². The van der Waals surface area contributed by atoms with Crippen molar-refractivity contribution < 1.29 is 94.0 Å². The number of halogens is 17. The molecule has 8 amide bonds. The third kappa shape index (κ3) is 37.1. The van der Waals surface area contributed by atoms with Crippen LogP contribution in [0.3, 0.4) is 0 Å². The normalized spacial score (nSPS) is 18.5. The summed E-state index contributed by atoms with van der Waals surface area (Å²) in [4.78, 5) is 127. The average Bonchev–Trinajstić information content (AvgIpc) is 1.55. The van der Waals surface area contributed by atoms with E-state index in [0.29, 0.717) is 56.9 Å². The van der Waals surface area contributed by atoms with Crippen molar-refractivity contribution >= 4 is 226 Å². The van der Waals surface area contributed by atoms with E-state index in [1.807, 2.05) is 27.7 Å². The number of hydrogen-bond donors (Lipinski definition) is 6. The van der Waals surface area contributed by atoms with E-state index < -0.39 is 124 Å². The number of carboxylic acid groups (broad SMARTS) is 1. The van der Waals surface area contributed by atoms with E-state index in [9.17, 15) is 79.4 Å². The van der Waals surface area contributed by atoms with Crippen LogP contribution in [-0.4, -0.2) is 158 Å². The number of nitrogens with zero attached hydrogens (tertiary/aromatic N) is 6. The zero-order chi connectivity index (χ0) is 101. The first-order valence-corrected chi connectivity index (χ1v) is 44.5. The summed E-state index contributed by atoms with van der Waals surface area (Å²) in [6.45, 7) is 41.1. The Morgan fingerprint density at radius 1 is 0.542 bits per heavy atom. The molecular weight excluding hydrogens is 2000 g/mol. The van der Waals surface area contributed by atoms with Crippen LogP contribution in [0.4, 0.5) is 59.6 Å². The summed E-state index contributed by atoms with van der Waals surface area (Å²) in [7, 11) is 0. The van der Waals surface area contributed by atoms with Crippen LogP contribution >= 0.6 is 132 Å². The summed E-state index contributed by atoms with van der Waals surface area (Å²) in [6.07, 6.45) is -13.4. The van der Waals surface area contributed by atoms with Crippen LogP contribution in [0, 0.1) is 21.7 Å². The number of nitrogens with two attached hydrogens (primary N) is 1. The lowest BCUT2D eigenvalue weighted by Crippen LogP contribution is -2.59. The summed E-state index contributed by atoms with van der Waals surface area (Å²) in [5.41, 5.74) is 3.09. The molecule has 0 spiro atoms. The minimum Gasteiger partial charge on any atom is -0.595 e. The number of amides is 8. The minimum atomic E-state index is -5.17. The molecule has 3 heterocycles. The predicted octanol–water partition coefficient (Wildman–Crippen LogP) is 22.4. The van der Waals surface area contributed by atoms with E-state index in [1.165, 1.54) is 62.1 Å². The summed E-state index contributed by atoms with van der Waals surface area (Å²) in [5, 5.41) is 34.0. The Balaban J connectivity index is 0.000000410. The van der Waals surface area contributed by atoms with Crippen molar-refractivity contribution in [2.24, 2.45) is 32.4 Å². The minimum absolute atomic E-state index is 0.0401. The molecule has 0 unspecified atom stereocenters. The Morgan fingerprint density at radius 2 is 0.893 bits per heavy atom. The smallest absolute Gasteiger partial charge is 0.471 e. The van der Waals surface area contributed by atoms with Crippen molar-refractivity contribution in [2.75, 3.05) is 25.3 Å². The van der Waals surface area contributed by atoms with Gasteiger partial charge in [0.25, 0.3) is 11.8 Å². The fourth-order valence-corrected chi connectivity index (χ4v) is 15.1. The number of nitrogens with one attached hydrogen (secondary N) is 4. The van der Waals surface area contributed by atoms with Crippen LogP contribution in [-0.2, 0) is 59.0 Å². The third-order valence-electron chi connectivity index (χ3n) is 17.8. The zero-order valence-electron chi connectivity index (χ0n) is 76.3. The highest BCUT2D eigenvalue weighted by Gasteiger charge is 2.64. The highest BCUT2D eigenvalue weighted by atomic mass is 79.9. The first-order chi connectivity index (χ1) is 59.3. The van der Waals surface area contributed by atoms with Crippen molar-refractivity contribution in [1.82, 2.24) is 20.4 Å². The summed E-state index contributed by atoms with van der Waals surface area (Å²) >= 11 is 62.8. The molecule has 131 heavy (non-hydrogen) atoms. The van der Waals surface area contributed by atoms with Gasteiger partial charge in [0.15, 0.2) is 0 Å². The van der Waals surface area contributed by atoms with E-state index in [4.69, 9.17) is 136 Å². The van der Waals surface area contributed by atoms with Crippen LogP contribution in [0.15, 0.2) is 125 Å². The molecule has 9 atom stereocenters. The molecule has 9 rings (SSSR count). The molecule has 42 heteroatoms. The molecule has 6 aromatic rings. The number of carbonyl (C=O) groups is 10. The van der Waals surface area contributed by atoms with E-state index >= 15 is 0 Å². The predicted molar refractivity (Wildman–Crippen MR) is 509 cm³/mol. The molecule has 0 aromatic heterocycles. The second-order valence-electron chi connectivity index (χ2n) is 36.8. The van der Waals surface area contributed by atoms with Crippen molar-refractivity contribution in [3.63, 3.8) is 0 Å². The van der Waals surface area contributed by atoms with Crippen molar-refractivity contribution in [3.8, 4) is 0 Å². The highest BCUT2D eigenvalue weighted by molar-refractivity contribution is 9.10. The number of carbonyl (C=O) groups excluding carboxylic acids is 9. The number of aliphatic carboxylic acids is 1. The number of aldehydes is 1. The zero-order valence-corrected chi connectivity index (χ0v) is 85.5. The fourth-order valence-electron chi connectivity index (χ4n) is 12.3. The quantitative estimate of drug-likeness (QED) is 0.0287. The monoisotopic (exact) mass is 2100 g/mol. The molecular formula is C89H109BrCl10F6N11O14-. The largest absolute Gasteiger partial charge is 0.595 e. The van der Waals surface area contributed by atoms with Gasteiger partial charge in [-0.05, 0) is 176 Å². The highest BCUT2D eigenvalue weighted by Crippen LogP contribution is 2.48. The van der Waals surface area contributed by atoms with Crippen LogP contribution in [0.2, 0.25) is 50.2 Å². The van der Waals surface area contributed by atoms with Gasteiger partial charge in [0, 0.05) is 111 Å². The Hall–Kier alpha value is -7.83. The number of anilines is 5. The number of hydrogen-bond acceptors (Lipinski definition) is 16. The van der Waals surface area contributed by atoms with Gasteiger partial charge in [0.05, 0.1) is 18.2 Å². The Morgan fingerprint density at radius 3 is 1.22 bits per heavy atom. The number of aliphatic imine (C=N–C) groups is 1. The Labute approximate surface area is 818 Å². The Bertz CT molecular complexity index is 5000. The van der Waals surface area contributed by atoms with Crippen molar-refractivity contribution in [2.45, 2.75) is 250 Å². The molecule has 0 aliphatic carbocycles. The van der Waals surface area contributed by atoms with Gasteiger partial charge in [0.1, 0.15) is 54.0 Å². The number of ether oxygens (including phenoxy) is 2. The molecule has 3 aliphatic rings. The standard InChI is InChI=1S/C23H22BrCl2F3N2O2.C16H17Cl2F3N2O2.C14H18Cl2N2O3.C14H18Cl2N2O.C9H10Cl2N2O.C8H15NO4.C5H10O/c1-21(2,3)18-30(17-10-15(25)9-16(26)11-17)19(32)22(4,31(18)20(33)23(27,28)29)12-13-5-7-14(24)8-6-13;1-8-12(24)23(11-6-9(17)5-10(18)7-11)13(15(2,3)4)22(8)14(25)16(19,20)21;1-8(17-13(20)21-14(2,3)4)12(19)18-11-6-9(15)5-10(16)7-11;1-8-12(19)18(13(17-8)14(2,3)4)11-6-9(15)5-10(16)7-11;1-5(12)9(14)13-8-3-6(10)2-7(11)4-8;1-5(6(10)11)9-7(12)13-8(2,3)4;1-5(2,3)4-6/h5-11,18H,12H2,1-4H3;5-8,13H,1-4H3;5-8H,1-4H3,(H,17,20)(H,18,19);5-8,13,17H,1-4H3;2-5H,12H2,1H3,(H,13,14);5H,1-4H3,(H,9,12)(H,10,11);4H,1-3H3/p-1/t18-,22-;8-,13+;8-;8-,13+;2*5-;/m111111./s1. The maximum absolute atomic E-state index is 13.9. The number of benzene rings is 6.